The van der Waals surface area contributed by atoms with Gasteiger partial charge in [-0.1, -0.05) is 52.2 Å². The SMILES string of the molecule is CC(C)=CCC/C(C)=C/CC/C(C)=C/CC/C(C)=C\CC/C(C)=C\C=O. The fraction of sp³-hybridized carbons (Fsp3) is 0.560. The summed E-state index contributed by atoms with van der Waals surface area (Å²) in [5.74, 6) is 0. The van der Waals surface area contributed by atoms with Gasteiger partial charge in [0.1, 0.15) is 6.29 Å². The van der Waals surface area contributed by atoms with Gasteiger partial charge in [-0.2, -0.15) is 0 Å². The van der Waals surface area contributed by atoms with Crippen LogP contribution in [0.4, 0.5) is 0 Å². The summed E-state index contributed by atoms with van der Waals surface area (Å²) in [5.41, 5.74) is 7.02. The van der Waals surface area contributed by atoms with Gasteiger partial charge in [-0.15, -0.1) is 0 Å². The van der Waals surface area contributed by atoms with E-state index in [9.17, 15) is 4.79 Å². The molecule has 0 saturated heterocycles. The van der Waals surface area contributed by atoms with E-state index >= 15 is 0 Å². The average Bonchev–Trinajstić information content (AvgIpc) is 2.54. The zero-order valence-electron chi connectivity index (χ0n) is 18.0. The molecule has 146 valence electrons. The molecule has 0 radical (unpaired) electrons. The molecule has 0 aliphatic carbocycles. The van der Waals surface area contributed by atoms with E-state index in [-0.39, 0.29) is 0 Å². The topological polar surface area (TPSA) is 17.1 Å². The Morgan fingerprint density at radius 3 is 1.23 bits per heavy atom. The Morgan fingerprint density at radius 1 is 0.538 bits per heavy atom. The Balaban J connectivity index is 4.04. The molecule has 0 heterocycles. The van der Waals surface area contributed by atoms with Gasteiger partial charge in [0.25, 0.3) is 0 Å². The van der Waals surface area contributed by atoms with Crippen LogP contribution in [0, 0.1) is 0 Å². The van der Waals surface area contributed by atoms with Gasteiger partial charge in [0.15, 0.2) is 0 Å². The van der Waals surface area contributed by atoms with Crippen LogP contribution in [0.25, 0.3) is 0 Å². The number of aldehydes is 1. The molecule has 0 saturated carbocycles. The second-order valence-electron chi connectivity index (χ2n) is 7.74. The first kappa shape index (κ1) is 24.4. The van der Waals surface area contributed by atoms with E-state index < -0.39 is 0 Å². The Labute approximate surface area is 162 Å². The van der Waals surface area contributed by atoms with Crippen molar-refractivity contribution in [2.24, 2.45) is 0 Å². The van der Waals surface area contributed by atoms with Gasteiger partial charge in [-0.3, -0.25) is 4.79 Å². The molecule has 0 rings (SSSR count). The van der Waals surface area contributed by atoms with Crippen molar-refractivity contribution in [2.45, 2.75) is 92.9 Å². The fourth-order valence-electron chi connectivity index (χ4n) is 2.73. The molecule has 0 aliphatic heterocycles. The van der Waals surface area contributed by atoms with Crippen molar-refractivity contribution in [1.29, 1.82) is 0 Å². The molecule has 1 heteroatoms. The van der Waals surface area contributed by atoms with Crippen molar-refractivity contribution in [3.8, 4) is 0 Å². The van der Waals surface area contributed by atoms with E-state index in [4.69, 9.17) is 0 Å². The summed E-state index contributed by atoms with van der Waals surface area (Å²) >= 11 is 0. The maximum Gasteiger partial charge on any atom is 0.142 e. The van der Waals surface area contributed by atoms with Crippen LogP contribution in [0.5, 0.6) is 0 Å². The first-order valence-electron chi connectivity index (χ1n) is 10.1. The lowest BCUT2D eigenvalue weighted by molar-refractivity contribution is -0.104. The fourth-order valence-corrected chi connectivity index (χ4v) is 2.73. The zero-order valence-corrected chi connectivity index (χ0v) is 18.0. The normalized spacial score (nSPS) is 13.8. The molecule has 0 unspecified atom stereocenters. The Hall–Kier alpha value is -1.63. The summed E-state index contributed by atoms with van der Waals surface area (Å²) in [6.07, 6.45) is 20.9. The second kappa shape index (κ2) is 15.6. The van der Waals surface area contributed by atoms with Crippen LogP contribution >= 0.6 is 0 Å². The molecular formula is C25H40O. The lowest BCUT2D eigenvalue weighted by atomic mass is 10.0. The van der Waals surface area contributed by atoms with E-state index in [1.54, 1.807) is 6.08 Å². The molecule has 0 N–H and O–H groups in total. The molecule has 0 aromatic rings. The van der Waals surface area contributed by atoms with Crippen LogP contribution in [0.3, 0.4) is 0 Å². The van der Waals surface area contributed by atoms with Gasteiger partial charge >= 0.3 is 0 Å². The quantitative estimate of drug-likeness (QED) is 0.185. The molecule has 0 aromatic carbocycles. The number of allylic oxidation sites excluding steroid dienone is 10. The predicted molar refractivity (Wildman–Crippen MR) is 117 cm³/mol. The third-order valence-electron chi connectivity index (χ3n) is 4.54. The summed E-state index contributed by atoms with van der Waals surface area (Å²) in [6, 6.07) is 0. The molecule has 0 bridgehead atoms. The molecule has 0 amide bonds. The van der Waals surface area contributed by atoms with Crippen molar-refractivity contribution in [1.82, 2.24) is 0 Å². The van der Waals surface area contributed by atoms with Crippen molar-refractivity contribution >= 4 is 6.29 Å². The molecule has 1 nitrogen and oxygen atoms in total. The summed E-state index contributed by atoms with van der Waals surface area (Å²) in [7, 11) is 0. The van der Waals surface area contributed by atoms with Crippen LogP contribution in [-0.2, 0) is 4.79 Å². The minimum absolute atomic E-state index is 0.874. The van der Waals surface area contributed by atoms with Gasteiger partial charge in [0.2, 0.25) is 0 Å². The van der Waals surface area contributed by atoms with E-state index in [0.29, 0.717) is 0 Å². The highest BCUT2D eigenvalue weighted by molar-refractivity contribution is 5.65. The molecule has 26 heavy (non-hydrogen) atoms. The highest BCUT2D eigenvalue weighted by Crippen LogP contribution is 2.14. The predicted octanol–water partition coefficient (Wildman–Crippen LogP) is 8.06. The third-order valence-corrected chi connectivity index (χ3v) is 4.54. The highest BCUT2D eigenvalue weighted by Gasteiger charge is 1.94. The largest absolute Gasteiger partial charge is 0.299 e. The molecule has 0 atom stereocenters. The Kier molecular flexibility index (Phi) is 14.6. The highest BCUT2D eigenvalue weighted by atomic mass is 16.1. The molecular weight excluding hydrogens is 316 g/mol. The summed E-state index contributed by atoms with van der Waals surface area (Å²) < 4.78 is 0. The maximum absolute atomic E-state index is 10.4. The van der Waals surface area contributed by atoms with E-state index in [0.717, 1.165) is 50.4 Å². The zero-order chi connectivity index (χ0) is 19.8. The van der Waals surface area contributed by atoms with Crippen molar-refractivity contribution in [3.05, 3.63) is 58.2 Å². The van der Waals surface area contributed by atoms with Gasteiger partial charge in [0.05, 0.1) is 0 Å². The minimum atomic E-state index is 0.874. The van der Waals surface area contributed by atoms with Crippen molar-refractivity contribution in [3.63, 3.8) is 0 Å². The molecule has 0 fully saturated rings. The van der Waals surface area contributed by atoms with Crippen LogP contribution in [-0.4, -0.2) is 6.29 Å². The number of hydrogen-bond donors (Lipinski definition) is 0. The van der Waals surface area contributed by atoms with E-state index in [1.807, 2.05) is 6.92 Å². The molecule has 0 aromatic heterocycles. The first-order chi connectivity index (χ1) is 12.3. The Bertz CT molecular complexity index is 549. The summed E-state index contributed by atoms with van der Waals surface area (Å²) in [5, 5.41) is 0. The van der Waals surface area contributed by atoms with Crippen LogP contribution in [0.15, 0.2) is 58.2 Å². The van der Waals surface area contributed by atoms with Gasteiger partial charge < -0.3 is 0 Å². The van der Waals surface area contributed by atoms with Crippen molar-refractivity contribution < 1.29 is 4.79 Å². The number of hydrogen-bond acceptors (Lipinski definition) is 1. The van der Waals surface area contributed by atoms with Crippen LogP contribution in [0.1, 0.15) is 92.9 Å². The summed E-state index contributed by atoms with van der Waals surface area (Å²) in [6.45, 7) is 13.0. The van der Waals surface area contributed by atoms with E-state index in [2.05, 4.69) is 58.9 Å². The number of rotatable bonds is 13. The van der Waals surface area contributed by atoms with Gasteiger partial charge in [-0.25, -0.2) is 0 Å². The van der Waals surface area contributed by atoms with Crippen molar-refractivity contribution in [2.75, 3.05) is 0 Å². The summed E-state index contributed by atoms with van der Waals surface area (Å²) in [4.78, 5) is 10.4. The lowest BCUT2D eigenvalue weighted by Gasteiger charge is -2.03. The molecule has 0 spiro atoms. The number of carbonyl (C=O) groups excluding carboxylic acids is 1. The Morgan fingerprint density at radius 2 is 0.885 bits per heavy atom. The molecule has 0 aliphatic rings. The maximum atomic E-state index is 10.4. The van der Waals surface area contributed by atoms with Gasteiger partial charge in [-0.05, 0) is 99.0 Å². The van der Waals surface area contributed by atoms with E-state index in [1.165, 1.54) is 35.1 Å². The number of carbonyl (C=O) groups is 1. The first-order valence-corrected chi connectivity index (χ1v) is 10.1. The van der Waals surface area contributed by atoms with Crippen LogP contribution < -0.4 is 0 Å². The second-order valence-corrected chi connectivity index (χ2v) is 7.74. The van der Waals surface area contributed by atoms with Gasteiger partial charge in [0, 0.05) is 0 Å². The van der Waals surface area contributed by atoms with Crippen LogP contribution in [0.2, 0.25) is 0 Å². The monoisotopic (exact) mass is 356 g/mol. The minimum Gasteiger partial charge on any atom is -0.299 e. The lowest BCUT2D eigenvalue weighted by Crippen LogP contribution is -1.83. The third kappa shape index (κ3) is 15.9. The standard InChI is InChI=1S/C25H40O/c1-21(2)11-7-12-22(3)13-8-14-23(4)15-9-16-24(5)17-10-18-25(6)19-20-26/h11,13,15,17,19-20H,7-10,12,14,16,18H2,1-6H3/b22-13+,23-15+,24-17-,25-19-. The average molecular weight is 357 g/mol. The smallest absolute Gasteiger partial charge is 0.142 e.